The third-order valence-corrected chi connectivity index (χ3v) is 2.89. The highest BCUT2D eigenvalue weighted by Gasteiger charge is 2.09. The van der Waals surface area contributed by atoms with Crippen LogP contribution in [-0.2, 0) is 4.79 Å². The molecule has 0 radical (unpaired) electrons. The normalized spacial score (nSPS) is 10.2. The number of rotatable bonds is 7. The van der Waals surface area contributed by atoms with Gasteiger partial charge in [0.2, 0.25) is 5.91 Å². The van der Waals surface area contributed by atoms with Gasteiger partial charge in [-0.25, -0.2) is 0 Å². The predicted octanol–water partition coefficient (Wildman–Crippen LogP) is 1.68. The Bertz CT molecular complexity index is 472. The molecule has 0 unspecified atom stereocenters. The van der Waals surface area contributed by atoms with E-state index in [2.05, 4.69) is 16.0 Å². The van der Waals surface area contributed by atoms with E-state index in [9.17, 15) is 9.59 Å². The second kappa shape index (κ2) is 8.32. The van der Waals surface area contributed by atoms with Crippen LogP contribution >= 0.6 is 0 Å². The van der Waals surface area contributed by atoms with Gasteiger partial charge in [-0.15, -0.1) is 0 Å². The summed E-state index contributed by atoms with van der Waals surface area (Å²) in [7, 11) is 0. The number of nitrogens with one attached hydrogen (secondary N) is 3. The molecule has 0 bridgehead atoms. The van der Waals surface area contributed by atoms with Crippen LogP contribution in [0.2, 0.25) is 0 Å². The molecule has 0 spiro atoms. The lowest BCUT2D eigenvalue weighted by atomic mass is 10.1. The molecule has 0 aromatic heterocycles. The van der Waals surface area contributed by atoms with Gasteiger partial charge in [0.1, 0.15) is 0 Å². The molecule has 2 amide bonds. The van der Waals surface area contributed by atoms with E-state index in [0.717, 1.165) is 12.1 Å². The van der Waals surface area contributed by atoms with Gasteiger partial charge < -0.3 is 16.0 Å². The van der Waals surface area contributed by atoms with Crippen LogP contribution in [0, 0.1) is 6.92 Å². The van der Waals surface area contributed by atoms with Crippen LogP contribution in [0.15, 0.2) is 18.2 Å². The van der Waals surface area contributed by atoms with Crippen molar-refractivity contribution in [2.45, 2.75) is 27.2 Å². The topological polar surface area (TPSA) is 70.2 Å². The smallest absolute Gasteiger partial charge is 0.251 e. The molecular formula is C15H23N3O2. The fraction of sp³-hybridized carbons (Fsp3) is 0.467. The fourth-order valence-electron chi connectivity index (χ4n) is 1.75. The number of carbonyl (C=O) groups excluding carboxylic acids is 2. The maximum Gasteiger partial charge on any atom is 0.251 e. The Labute approximate surface area is 120 Å². The molecule has 0 atom stereocenters. The van der Waals surface area contributed by atoms with E-state index in [1.807, 2.05) is 26.8 Å². The van der Waals surface area contributed by atoms with Gasteiger partial charge in [-0.3, -0.25) is 9.59 Å². The van der Waals surface area contributed by atoms with Crippen molar-refractivity contribution in [3.8, 4) is 0 Å². The first-order valence-corrected chi connectivity index (χ1v) is 6.97. The van der Waals surface area contributed by atoms with Gasteiger partial charge in [0.05, 0.1) is 0 Å². The number of anilines is 1. The Kier molecular flexibility index (Phi) is 6.73. The average molecular weight is 277 g/mol. The maximum absolute atomic E-state index is 11.8. The van der Waals surface area contributed by atoms with Crippen LogP contribution in [0.25, 0.3) is 0 Å². The minimum Gasteiger partial charge on any atom is -0.352 e. The van der Waals surface area contributed by atoms with Gasteiger partial charge in [-0.1, -0.05) is 13.0 Å². The molecule has 5 nitrogen and oxygen atoms in total. The van der Waals surface area contributed by atoms with Crippen molar-refractivity contribution < 1.29 is 9.59 Å². The molecule has 0 aliphatic heterocycles. The molecule has 3 N–H and O–H groups in total. The van der Waals surface area contributed by atoms with Crippen molar-refractivity contribution in [2.75, 3.05) is 25.0 Å². The van der Waals surface area contributed by atoms with E-state index in [1.165, 1.54) is 0 Å². The van der Waals surface area contributed by atoms with Gasteiger partial charge in [-0.05, 0) is 38.1 Å². The standard InChI is InChI=1S/C15H23N3O2/c1-4-16-9-8-14(19)18-13-10-12(7-6-11(13)3)15(20)17-5-2/h6-7,10,16H,4-5,8-9H2,1-3H3,(H,17,20)(H,18,19). The van der Waals surface area contributed by atoms with Gasteiger partial charge in [0, 0.05) is 30.8 Å². The summed E-state index contributed by atoms with van der Waals surface area (Å²) < 4.78 is 0. The summed E-state index contributed by atoms with van der Waals surface area (Å²) in [5.74, 6) is -0.183. The molecule has 1 rings (SSSR count). The summed E-state index contributed by atoms with van der Waals surface area (Å²) in [4.78, 5) is 23.6. The second-order valence-electron chi connectivity index (χ2n) is 4.54. The molecule has 110 valence electrons. The van der Waals surface area contributed by atoms with E-state index in [-0.39, 0.29) is 11.8 Å². The zero-order chi connectivity index (χ0) is 15.0. The summed E-state index contributed by atoms with van der Waals surface area (Å²) in [5, 5.41) is 8.69. The van der Waals surface area contributed by atoms with E-state index < -0.39 is 0 Å². The van der Waals surface area contributed by atoms with Gasteiger partial charge >= 0.3 is 0 Å². The summed E-state index contributed by atoms with van der Waals surface area (Å²) in [5.41, 5.74) is 2.18. The number of hydrogen-bond donors (Lipinski definition) is 3. The van der Waals surface area contributed by atoms with Crippen molar-refractivity contribution in [3.05, 3.63) is 29.3 Å². The number of benzene rings is 1. The lowest BCUT2D eigenvalue weighted by Crippen LogP contribution is -2.24. The van der Waals surface area contributed by atoms with Crippen molar-refractivity contribution >= 4 is 17.5 Å². The van der Waals surface area contributed by atoms with Crippen LogP contribution in [-0.4, -0.2) is 31.4 Å². The highest BCUT2D eigenvalue weighted by atomic mass is 16.2. The van der Waals surface area contributed by atoms with Crippen LogP contribution in [0.3, 0.4) is 0 Å². The lowest BCUT2D eigenvalue weighted by molar-refractivity contribution is -0.116. The quantitative estimate of drug-likeness (QED) is 0.664. The second-order valence-corrected chi connectivity index (χ2v) is 4.54. The minimum absolute atomic E-state index is 0.0536. The minimum atomic E-state index is -0.129. The first kappa shape index (κ1) is 16.2. The highest BCUT2D eigenvalue weighted by Crippen LogP contribution is 2.17. The molecule has 20 heavy (non-hydrogen) atoms. The summed E-state index contributed by atoms with van der Waals surface area (Å²) in [6.07, 6.45) is 0.415. The SMILES string of the molecule is CCNCCC(=O)Nc1cc(C(=O)NCC)ccc1C. The average Bonchev–Trinajstić information content (AvgIpc) is 2.42. The largest absolute Gasteiger partial charge is 0.352 e. The number of amides is 2. The number of aryl methyl sites for hydroxylation is 1. The Morgan fingerprint density at radius 3 is 2.55 bits per heavy atom. The molecule has 5 heteroatoms. The van der Waals surface area contributed by atoms with E-state index in [1.54, 1.807) is 12.1 Å². The summed E-state index contributed by atoms with van der Waals surface area (Å²) in [6, 6.07) is 5.31. The molecule has 0 saturated heterocycles. The van der Waals surface area contributed by atoms with Gasteiger partial charge in [0.25, 0.3) is 5.91 Å². The summed E-state index contributed by atoms with van der Waals surface area (Å²) >= 11 is 0. The van der Waals surface area contributed by atoms with Crippen LogP contribution in [0.5, 0.6) is 0 Å². The maximum atomic E-state index is 11.8. The molecule has 0 aliphatic rings. The Balaban J connectivity index is 2.71. The number of hydrogen-bond acceptors (Lipinski definition) is 3. The van der Waals surface area contributed by atoms with Crippen molar-refractivity contribution in [3.63, 3.8) is 0 Å². The van der Waals surface area contributed by atoms with Crippen molar-refractivity contribution in [1.82, 2.24) is 10.6 Å². The molecular weight excluding hydrogens is 254 g/mol. The summed E-state index contributed by atoms with van der Waals surface area (Å²) in [6.45, 7) is 7.85. The molecule has 0 saturated carbocycles. The third kappa shape index (κ3) is 5.01. The molecule has 1 aromatic carbocycles. The van der Waals surface area contributed by atoms with Crippen molar-refractivity contribution in [2.24, 2.45) is 0 Å². The van der Waals surface area contributed by atoms with Crippen LogP contribution < -0.4 is 16.0 Å². The number of carbonyl (C=O) groups is 2. The Hall–Kier alpha value is -1.88. The molecule has 0 aliphatic carbocycles. The first-order valence-electron chi connectivity index (χ1n) is 6.97. The lowest BCUT2D eigenvalue weighted by Gasteiger charge is -2.11. The Morgan fingerprint density at radius 1 is 1.15 bits per heavy atom. The predicted molar refractivity (Wildman–Crippen MR) is 81.0 cm³/mol. The van der Waals surface area contributed by atoms with E-state index >= 15 is 0 Å². The third-order valence-electron chi connectivity index (χ3n) is 2.89. The first-order chi connectivity index (χ1) is 9.58. The van der Waals surface area contributed by atoms with E-state index in [0.29, 0.717) is 30.8 Å². The molecule has 0 fully saturated rings. The zero-order valence-corrected chi connectivity index (χ0v) is 12.4. The highest BCUT2D eigenvalue weighted by molar-refractivity contribution is 5.97. The van der Waals surface area contributed by atoms with Crippen molar-refractivity contribution in [1.29, 1.82) is 0 Å². The Morgan fingerprint density at radius 2 is 1.90 bits per heavy atom. The monoisotopic (exact) mass is 277 g/mol. The fourth-order valence-corrected chi connectivity index (χ4v) is 1.75. The van der Waals surface area contributed by atoms with E-state index in [4.69, 9.17) is 0 Å². The molecule has 0 heterocycles. The van der Waals surface area contributed by atoms with Gasteiger partial charge in [0.15, 0.2) is 0 Å². The van der Waals surface area contributed by atoms with Crippen LogP contribution in [0.4, 0.5) is 5.69 Å². The van der Waals surface area contributed by atoms with Gasteiger partial charge in [-0.2, -0.15) is 0 Å². The zero-order valence-electron chi connectivity index (χ0n) is 12.4. The molecule has 1 aromatic rings. The van der Waals surface area contributed by atoms with Crippen LogP contribution in [0.1, 0.15) is 36.2 Å².